The van der Waals surface area contributed by atoms with Gasteiger partial charge in [0.2, 0.25) is 0 Å². The predicted octanol–water partition coefficient (Wildman–Crippen LogP) is 2.40. The number of anilines is 1. The highest BCUT2D eigenvalue weighted by molar-refractivity contribution is 7.80. The van der Waals surface area contributed by atoms with E-state index >= 15 is 0 Å². The predicted molar refractivity (Wildman–Crippen MR) is 126 cm³/mol. The third kappa shape index (κ3) is 4.71. The summed E-state index contributed by atoms with van der Waals surface area (Å²) in [6.45, 7) is 5.08. The Bertz CT molecular complexity index is 1120. The zero-order valence-electron chi connectivity index (χ0n) is 19.3. The van der Waals surface area contributed by atoms with Gasteiger partial charge in [0.25, 0.3) is 5.91 Å². The molecule has 1 aromatic carbocycles. The van der Waals surface area contributed by atoms with Gasteiger partial charge >= 0.3 is 0 Å². The molecule has 0 radical (unpaired) electrons. The van der Waals surface area contributed by atoms with Gasteiger partial charge in [-0.1, -0.05) is 0 Å². The van der Waals surface area contributed by atoms with Gasteiger partial charge in [-0.15, -0.1) is 0 Å². The van der Waals surface area contributed by atoms with E-state index in [1.54, 1.807) is 35.6 Å². The van der Waals surface area contributed by atoms with Crippen molar-refractivity contribution in [3.8, 4) is 6.07 Å². The van der Waals surface area contributed by atoms with Gasteiger partial charge in [-0.2, -0.15) is 5.26 Å². The number of nitrogens with zero attached hydrogens (tertiary/aromatic N) is 6. The van der Waals surface area contributed by atoms with Crippen LogP contribution in [-0.4, -0.2) is 82.0 Å². The maximum absolute atomic E-state index is 14.2. The number of hydrogen-bond donors (Lipinski definition) is 0. The van der Waals surface area contributed by atoms with Crippen LogP contribution in [0.4, 0.5) is 10.1 Å². The summed E-state index contributed by atoms with van der Waals surface area (Å²) >= 11 is -1.23. The SMILES string of the molecule is CN(C)S(=O)N1CCN(C(=O)c2cnc3ccc(F)cc3c2N2CCC(C)(C#N)CC2)CC1. The molecule has 0 saturated carbocycles. The number of halogens is 1. The smallest absolute Gasteiger partial charge is 0.257 e. The maximum atomic E-state index is 14.2. The topological polar surface area (TPSA) is 83.8 Å². The third-order valence-corrected chi connectivity index (χ3v) is 7.98. The van der Waals surface area contributed by atoms with Gasteiger partial charge in [0.1, 0.15) is 5.82 Å². The third-order valence-electron chi connectivity index (χ3n) is 6.54. The molecule has 2 aliphatic heterocycles. The van der Waals surface area contributed by atoms with Crippen LogP contribution >= 0.6 is 0 Å². The van der Waals surface area contributed by atoms with E-state index in [0.717, 1.165) is 0 Å². The summed E-state index contributed by atoms with van der Waals surface area (Å²) in [5, 5.41) is 10.1. The highest BCUT2D eigenvalue weighted by atomic mass is 32.2. The Morgan fingerprint density at radius 3 is 2.45 bits per heavy atom. The molecule has 1 aromatic heterocycles. The molecule has 10 heteroatoms. The Labute approximate surface area is 196 Å². The fourth-order valence-corrected chi connectivity index (χ4v) is 5.37. The number of carbonyl (C=O) groups excluding carboxylic acids is 1. The quantitative estimate of drug-likeness (QED) is 0.682. The monoisotopic (exact) mass is 472 g/mol. The first-order chi connectivity index (χ1) is 15.7. The van der Waals surface area contributed by atoms with Crippen molar-refractivity contribution in [2.75, 3.05) is 58.3 Å². The van der Waals surface area contributed by atoms with Crippen LogP contribution in [0.2, 0.25) is 0 Å². The molecule has 1 atom stereocenters. The average Bonchev–Trinajstić information content (AvgIpc) is 2.83. The Hall–Kier alpha value is -2.61. The van der Waals surface area contributed by atoms with Gasteiger partial charge in [0.05, 0.1) is 28.3 Å². The number of benzene rings is 1. The summed E-state index contributed by atoms with van der Waals surface area (Å²) in [6, 6.07) is 6.83. The van der Waals surface area contributed by atoms with Crippen LogP contribution in [0.3, 0.4) is 0 Å². The second-order valence-corrected chi connectivity index (χ2v) is 10.8. The largest absolute Gasteiger partial charge is 0.370 e. The number of fused-ring (bicyclic) bond motifs is 1. The van der Waals surface area contributed by atoms with E-state index in [1.807, 2.05) is 11.2 Å². The molecule has 176 valence electrons. The Balaban J connectivity index is 1.65. The Morgan fingerprint density at radius 1 is 1.18 bits per heavy atom. The first-order valence-corrected chi connectivity index (χ1v) is 12.2. The number of aromatic nitrogens is 1. The van der Waals surface area contributed by atoms with Crippen LogP contribution < -0.4 is 4.90 Å². The summed E-state index contributed by atoms with van der Waals surface area (Å²) in [4.78, 5) is 21.9. The second-order valence-electron chi connectivity index (χ2n) is 9.11. The number of piperidine rings is 1. The van der Waals surface area contributed by atoms with E-state index in [1.165, 1.54) is 12.1 Å². The number of piperazine rings is 1. The molecule has 2 aliphatic rings. The minimum Gasteiger partial charge on any atom is -0.370 e. The van der Waals surface area contributed by atoms with Gasteiger partial charge in [-0.3, -0.25) is 9.78 Å². The van der Waals surface area contributed by atoms with E-state index < -0.39 is 16.6 Å². The van der Waals surface area contributed by atoms with Crippen LogP contribution in [0.15, 0.2) is 24.4 Å². The van der Waals surface area contributed by atoms with E-state index in [4.69, 9.17) is 0 Å². The lowest BCUT2D eigenvalue weighted by Gasteiger charge is -2.39. The lowest BCUT2D eigenvalue weighted by molar-refractivity contribution is 0.0699. The van der Waals surface area contributed by atoms with Crippen molar-refractivity contribution in [2.45, 2.75) is 19.8 Å². The molecule has 2 aromatic rings. The van der Waals surface area contributed by atoms with Crippen LogP contribution in [-0.2, 0) is 11.2 Å². The van der Waals surface area contributed by atoms with Crippen LogP contribution in [0.5, 0.6) is 0 Å². The average molecular weight is 473 g/mol. The molecule has 8 nitrogen and oxygen atoms in total. The minimum absolute atomic E-state index is 0.160. The molecule has 4 rings (SSSR count). The summed E-state index contributed by atoms with van der Waals surface area (Å²) in [7, 11) is 3.52. The number of rotatable bonds is 4. The number of pyridine rings is 1. The molecule has 0 aliphatic carbocycles. The second kappa shape index (κ2) is 9.33. The van der Waals surface area contributed by atoms with Crippen LogP contribution in [0.1, 0.15) is 30.1 Å². The first kappa shape index (κ1) is 23.5. The molecule has 1 unspecified atom stereocenters. The van der Waals surface area contributed by atoms with Crippen LogP contribution in [0.25, 0.3) is 10.9 Å². The van der Waals surface area contributed by atoms with Gasteiger partial charge in [0.15, 0.2) is 11.2 Å². The molecule has 0 bridgehead atoms. The highest BCUT2D eigenvalue weighted by Gasteiger charge is 2.34. The highest BCUT2D eigenvalue weighted by Crippen LogP contribution is 2.37. The molecule has 1 amide bonds. The molecule has 33 heavy (non-hydrogen) atoms. The number of nitriles is 1. The lowest BCUT2D eigenvalue weighted by Crippen LogP contribution is -2.51. The Morgan fingerprint density at radius 2 is 1.85 bits per heavy atom. The fourth-order valence-electron chi connectivity index (χ4n) is 4.43. The molecular weight excluding hydrogens is 443 g/mol. The molecule has 3 heterocycles. The number of carbonyl (C=O) groups is 1. The van der Waals surface area contributed by atoms with E-state index in [0.29, 0.717) is 74.3 Å². The number of amides is 1. The van der Waals surface area contributed by atoms with Gasteiger partial charge in [-0.25, -0.2) is 17.2 Å². The van der Waals surface area contributed by atoms with Crippen molar-refractivity contribution in [3.63, 3.8) is 0 Å². The van der Waals surface area contributed by atoms with Gasteiger partial charge < -0.3 is 9.80 Å². The van der Waals surface area contributed by atoms with Gasteiger partial charge in [-0.05, 0) is 38.0 Å². The zero-order valence-corrected chi connectivity index (χ0v) is 20.1. The van der Waals surface area contributed by atoms with Crippen molar-refractivity contribution in [1.29, 1.82) is 5.26 Å². The maximum Gasteiger partial charge on any atom is 0.257 e. The molecular formula is C23H29FN6O2S. The van der Waals surface area contributed by atoms with E-state index in [9.17, 15) is 18.7 Å². The summed E-state index contributed by atoms with van der Waals surface area (Å²) in [6.07, 6.45) is 2.93. The standard InChI is InChI=1S/C23H29FN6O2S/c1-23(16-25)6-8-28(9-7-23)21-18-14-17(24)4-5-20(18)26-15-19(21)22(31)29-10-12-30(13-11-29)33(32)27(2)3/h4-5,14-15H,6-13H2,1-3H3. The first-order valence-electron chi connectivity index (χ1n) is 11.1. The van der Waals surface area contributed by atoms with Crippen molar-refractivity contribution in [3.05, 3.63) is 35.8 Å². The van der Waals surface area contributed by atoms with Crippen molar-refractivity contribution < 1.29 is 13.4 Å². The van der Waals surface area contributed by atoms with Crippen molar-refractivity contribution >= 4 is 33.7 Å². The lowest BCUT2D eigenvalue weighted by atomic mass is 9.81. The Kier molecular flexibility index (Phi) is 6.66. The summed E-state index contributed by atoms with van der Waals surface area (Å²) < 4.78 is 30.0. The minimum atomic E-state index is -1.23. The van der Waals surface area contributed by atoms with Crippen molar-refractivity contribution in [1.82, 2.24) is 18.5 Å². The molecule has 0 spiro atoms. The molecule has 2 fully saturated rings. The zero-order chi connectivity index (χ0) is 23.8. The van der Waals surface area contributed by atoms with Crippen molar-refractivity contribution in [2.24, 2.45) is 5.41 Å². The van der Waals surface area contributed by atoms with Crippen LogP contribution in [0, 0.1) is 22.6 Å². The molecule has 0 N–H and O–H groups in total. The fraction of sp³-hybridized carbons (Fsp3) is 0.522. The summed E-state index contributed by atoms with van der Waals surface area (Å²) in [5.74, 6) is -0.540. The molecule has 2 saturated heterocycles. The van der Waals surface area contributed by atoms with E-state index in [2.05, 4.69) is 16.0 Å². The number of hydrogen-bond acceptors (Lipinski definition) is 5. The summed E-state index contributed by atoms with van der Waals surface area (Å²) in [5.41, 5.74) is 1.36. The van der Waals surface area contributed by atoms with Gasteiger partial charge in [0, 0.05) is 64.9 Å². The normalized spacial score (nSPS) is 20.1. The van der Waals surface area contributed by atoms with E-state index in [-0.39, 0.29) is 11.7 Å².